The molecule has 196 valence electrons. The zero-order valence-corrected chi connectivity index (χ0v) is 20.1. The number of halogens is 8. The van der Waals surface area contributed by atoms with E-state index in [4.69, 9.17) is 38.4 Å². The van der Waals surface area contributed by atoms with Crippen molar-refractivity contribution in [2.45, 2.75) is 12.4 Å². The van der Waals surface area contributed by atoms with Crippen LogP contribution in [0.15, 0.2) is 30.3 Å². The standard InChI is InChI=1S/C21H14Cl2F6N6O2/c1-36-9-3-4-12(13(7-9)37-2)31-19-32-16(21(27,28)29)14-17(30)35(34-18(14)33-19)15-10(22)5-8(6-11(15)23)20(24,25)26/h3-7H,30H2,1-2H3,(H,31,33,34). The van der Waals surface area contributed by atoms with Crippen molar-refractivity contribution < 1.29 is 35.8 Å². The van der Waals surface area contributed by atoms with Crippen molar-refractivity contribution >= 4 is 51.7 Å². The van der Waals surface area contributed by atoms with Crippen LogP contribution in [-0.4, -0.2) is 34.0 Å². The van der Waals surface area contributed by atoms with Crippen LogP contribution in [0.5, 0.6) is 11.5 Å². The summed E-state index contributed by atoms with van der Waals surface area (Å²) in [6.07, 6.45) is -9.79. The first-order valence-electron chi connectivity index (χ1n) is 9.93. The summed E-state index contributed by atoms with van der Waals surface area (Å²) in [5, 5.41) is 4.76. The maximum Gasteiger partial charge on any atom is 0.434 e. The van der Waals surface area contributed by atoms with E-state index in [2.05, 4.69) is 20.4 Å². The summed E-state index contributed by atoms with van der Waals surface area (Å²) in [6.45, 7) is 0. The molecule has 0 radical (unpaired) electrons. The molecule has 0 aliphatic heterocycles. The van der Waals surface area contributed by atoms with Crippen molar-refractivity contribution in [3.63, 3.8) is 0 Å². The predicted molar refractivity (Wildman–Crippen MR) is 124 cm³/mol. The molecule has 0 saturated carbocycles. The van der Waals surface area contributed by atoms with E-state index in [1.165, 1.54) is 32.4 Å². The lowest BCUT2D eigenvalue weighted by Crippen LogP contribution is -2.12. The van der Waals surface area contributed by atoms with Gasteiger partial charge < -0.3 is 20.5 Å². The van der Waals surface area contributed by atoms with Gasteiger partial charge in [-0.3, -0.25) is 0 Å². The Morgan fingerprint density at radius 1 is 0.919 bits per heavy atom. The average Bonchev–Trinajstić information content (AvgIpc) is 3.12. The van der Waals surface area contributed by atoms with Crippen LogP contribution in [0.25, 0.3) is 16.7 Å². The molecule has 0 unspecified atom stereocenters. The molecule has 3 N–H and O–H groups in total. The van der Waals surface area contributed by atoms with Crippen molar-refractivity contribution in [1.29, 1.82) is 0 Å². The number of benzene rings is 2. The zero-order chi connectivity index (χ0) is 27.3. The van der Waals surface area contributed by atoms with E-state index < -0.39 is 56.5 Å². The molecule has 4 aromatic rings. The van der Waals surface area contributed by atoms with Gasteiger partial charge in [0.2, 0.25) is 5.95 Å². The summed E-state index contributed by atoms with van der Waals surface area (Å²) in [5.41, 5.74) is 2.63. The summed E-state index contributed by atoms with van der Waals surface area (Å²) in [6, 6.07) is 5.57. The molecule has 2 aromatic heterocycles. The molecule has 2 aromatic carbocycles. The molecule has 0 atom stereocenters. The van der Waals surface area contributed by atoms with E-state index in [-0.39, 0.29) is 17.1 Å². The Morgan fingerprint density at radius 3 is 2.11 bits per heavy atom. The highest BCUT2D eigenvalue weighted by Gasteiger charge is 2.39. The largest absolute Gasteiger partial charge is 0.497 e. The third-order valence-electron chi connectivity index (χ3n) is 5.05. The number of hydrogen-bond donors (Lipinski definition) is 2. The molecule has 37 heavy (non-hydrogen) atoms. The molecule has 16 heteroatoms. The molecule has 0 aliphatic carbocycles. The second kappa shape index (κ2) is 9.34. The second-order valence-electron chi connectivity index (χ2n) is 7.37. The van der Waals surface area contributed by atoms with Gasteiger partial charge in [0.15, 0.2) is 11.3 Å². The molecular formula is C21H14Cl2F6N6O2. The zero-order valence-electron chi connectivity index (χ0n) is 18.6. The lowest BCUT2D eigenvalue weighted by Gasteiger charge is -2.14. The van der Waals surface area contributed by atoms with E-state index in [1.54, 1.807) is 0 Å². The number of rotatable bonds is 5. The number of ether oxygens (including phenoxy) is 2. The van der Waals surface area contributed by atoms with Gasteiger partial charge in [0.05, 0.1) is 40.9 Å². The minimum Gasteiger partial charge on any atom is -0.497 e. The number of methoxy groups -OCH3 is 2. The fourth-order valence-corrected chi connectivity index (χ4v) is 4.04. The van der Waals surface area contributed by atoms with Crippen LogP contribution in [-0.2, 0) is 12.4 Å². The van der Waals surface area contributed by atoms with Crippen LogP contribution < -0.4 is 20.5 Å². The van der Waals surface area contributed by atoms with E-state index in [0.29, 0.717) is 22.6 Å². The van der Waals surface area contributed by atoms with Crippen LogP contribution in [0.4, 0.5) is 43.8 Å². The Bertz CT molecular complexity index is 1480. The van der Waals surface area contributed by atoms with Crippen molar-refractivity contribution in [1.82, 2.24) is 19.7 Å². The quantitative estimate of drug-likeness (QED) is 0.266. The number of aromatic nitrogens is 4. The number of fused-ring (bicyclic) bond motifs is 1. The number of nitrogens with zero attached hydrogens (tertiary/aromatic N) is 4. The number of hydrogen-bond acceptors (Lipinski definition) is 7. The van der Waals surface area contributed by atoms with Crippen LogP contribution >= 0.6 is 23.2 Å². The SMILES string of the molecule is COc1ccc(Nc2nc(C(F)(F)F)c3c(N)n(-c4c(Cl)cc(C(F)(F)F)cc4Cl)nc3n2)c(OC)c1. The summed E-state index contributed by atoms with van der Waals surface area (Å²) < 4.78 is 92.2. The second-order valence-corrected chi connectivity index (χ2v) is 8.18. The number of alkyl halides is 6. The van der Waals surface area contributed by atoms with E-state index in [9.17, 15) is 26.3 Å². The molecular weight excluding hydrogens is 553 g/mol. The number of nitrogen functional groups attached to an aromatic ring is 1. The fourth-order valence-electron chi connectivity index (χ4n) is 3.40. The van der Waals surface area contributed by atoms with Gasteiger partial charge in [-0.2, -0.15) is 31.3 Å². The molecule has 0 spiro atoms. The van der Waals surface area contributed by atoms with Gasteiger partial charge in [0.1, 0.15) is 23.0 Å². The van der Waals surface area contributed by atoms with E-state index >= 15 is 0 Å². The van der Waals surface area contributed by atoms with Gasteiger partial charge in [-0.25, -0.2) is 9.67 Å². The Labute approximate surface area is 213 Å². The third-order valence-corrected chi connectivity index (χ3v) is 5.62. The smallest absolute Gasteiger partial charge is 0.434 e. The van der Waals surface area contributed by atoms with Gasteiger partial charge >= 0.3 is 12.4 Å². The lowest BCUT2D eigenvalue weighted by atomic mass is 10.2. The maximum absolute atomic E-state index is 14.0. The van der Waals surface area contributed by atoms with Crippen molar-refractivity contribution in [2.75, 3.05) is 25.3 Å². The minimum atomic E-state index is -5.02. The number of nitrogens with two attached hydrogens (primary N) is 1. The predicted octanol–water partition coefficient (Wildman–Crippen LogP) is 6.50. The summed E-state index contributed by atoms with van der Waals surface area (Å²) in [4.78, 5) is 7.56. The summed E-state index contributed by atoms with van der Waals surface area (Å²) >= 11 is 12.0. The molecule has 0 amide bonds. The van der Waals surface area contributed by atoms with Crippen molar-refractivity contribution in [3.8, 4) is 17.2 Å². The van der Waals surface area contributed by atoms with Gasteiger partial charge in [0.25, 0.3) is 0 Å². The highest BCUT2D eigenvalue weighted by atomic mass is 35.5. The third kappa shape index (κ3) is 4.98. The first-order chi connectivity index (χ1) is 17.2. The highest BCUT2D eigenvalue weighted by molar-refractivity contribution is 6.38. The Hall–Kier alpha value is -3.65. The molecule has 0 saturated heterocycles. The van der Waals surface area contributed by atoms with Crippen molar-refractivity contribution in [2.24, 2.45) is 0 Å². The number of nitrogens with one attached hydrogen (secondary N) is 1. The maximum atomic E-state index is 14.0. The van der Waals surface area contributed by atoms with Crippen LogP contribution in [0, 0.1) is 0 Å². The van der Waals surface area contributed by atoms with Crippen molar-refractivity contribution in [3.05, 3.63) is 51.6 Å². The summed E-state index contributed by atoms with van der Waals surface area (Å²) in [5.74, 6) is -0.520. The Morgan fingerprint density at radius 2 is 1.57 bits per heavy atom. The monoisotopic (exact) mass is 566 g/mol. The molecule has 2 heterocycles. The first kappa shape index (κ1) is 26.4. The topological polar surface area (TPSA) is 100 Å². The van der Waals surface area contributed by atoms with Gasteiger partial charge in [-0.15, -0.1) is 5.10 Å². The molecule has 0 aliphatic rings. The molecule has 0 fully saturated rings. The minimum absolute atomic E-state index is 0.206. The van der Waals surface area contributed by atoms with Crippen LogP contribution in [0.1, 0.15) is 11.3 Å². The van der Waals surface area contributed by atoms with E-state index in [1.807, 2.05) is 0 Å². The van der Waals surface area contributed by atoms with Gasteiger partial charge in [0, 0.05) is 6.07 Å². The van der Waals surface area contributed by atoms with Crippen LogP contribution in [0.3, 0.4) is 0 Å². The fraction of sp³-hybridized carbons (Fsp3) is 0.190. The lowest BCUT2D eigenvalue weighted by molar-refractivity contribution is -0.140. The first-order valence-corrected chi connectivity index (χ1v) is 10.7. The van der Waals surface area contributed by atoms with Gasteiger partial charge in [-0.1, -0.05) is 23.2 Å². The molecule has 0 bridgehead atoms. The average molecular weight is 567 g/mol. The Balaban J connectivity index is 1.90. The molecule has 8 nitrogen and oxygen atoms in total. The normalized spacial score (nSPS) is 12.2. The highest BCUT2D eigenvalue weighted by Crippen LogP contribution is 2.42. The number of anilines is 3. The summed E-state index contributed by atoms with van der Waals surface area (Å²) in [7, 11) is 2.76. The van der Waals surface area contributed by atoms with E-state index in [0.717, 1.165) is 0 Å². The van der Waals surface area contributed by atoms with Crippen LogP contribution in [0.2, 0.25) is 10.0 Å². The molecule has 4 rings (SSSR count). The Kier molecular flexibility index (Phi) is 6.67. The van der Waals surface area contributed by atoms with Gasteiger partial charge in [-0.05, 0) is 24.3 Å².